The van der Waals surface area contributed by atoms with Crippen molar-refractivity contribution in [2.45, 2.75) is 20.8 Å². The van der Waals surface area contributed by atoms with Crippen molar-refractivity contribution in [3.63, 3.8) is 0 Å². The third-order valence-electron chi connectivity index (χ3n) is 5.84. The minimum atomic E-state index is -0.390. The normalized spacial score (nSPS) is 15.3. The Morgan fingerprint density at radius 3 is 2.21 bits per heavy atom. The molecule has 0 spiro atoms. The Hall–Kier alpha value is -4.06. The SMILES string of the molecule is Cc1ccc(C2=C(Nc3ccc4c(c3)OCCO4)C(=O)N(c3cc(C)ccc3C)C2=O)cc1. The molecule has 0 fully saturated rings. The Balaban J connectivity index is 1.60. The van der Waals surface area contributed by atoms with E-state index in [1.54, 1.807) is 12.1 Å². The van der Waals surface area contributed by atoms with E-state index in [1.807, 2.05) is 69.3 Å². The van der Waals surface area contributed by atoms with Gasteiger partial charge in [0.2, 0.25) is 0 Å². The van der Waals surface area contributed by atoms with Crippen molar-refractivity contribution in [2.75, 3.05) is 23.4 Å². The van der Waals surface area contributed by atoms with Crippen molar-refractivity contribution in [3.05, 3.63) is 88.6 Å². The van der Waals surface area contributed by atoms with Gasteiger partial charge in [-0.1, -0.05) is 42.0 Å². The van der Waals surface area contributed by atoms with Gasteiger partial charge in [-0.25, -0.2) is 4.90 Å². The highest BCUT2D eigenvalue weighted by atomic mass is 16.6. The number of nitrogens with zero attached hydrogens (tertiary/aromatic N) is 1. The number of carbonyl (C=O) groups excluding carboxylic acids is 2. The second-order valence-corrected chi connectivity index (χ2v) is 8.34. The quantitative estimate of drug-likeness (QED) is 0.592. The summed E-state index contributed by atoms with van der Waals surface area (Å²) in [7, 11) is 0. The van der Waals surface area contributed by atoms with Gasteiger partial charge in [-0.3, -0.25) is 9.59 Å². The molecule has 3 aromatic rings. The van der Waals surface area contributed by atoms with E-state index in [0.717, 1.165) is 16.7 Å². The van der Waals surface area contributed by atoms with E-state index < -0.39 is 0 Å². The van der Waals surface area contributed by atoms with E-state index in [-0.39, 0.29) is 17.5 Å². The first-order valence-electron chi connectivity index (χ1n) is 10.9. The second-order valence-electron chi connectivity index (χ2n) is 8.34. The van der Waals surface area contributed by atoms with Crippen LogP contribution in [-0.4, -0.2) is 25.0 Å². The van der Waals surface area contributed by atoms with E-state index in [0.29, 0.717) is 47.2 Å². The van der Waals surface area contributed by atoms with Crippen LogP contribution in [0.5, 0.6) is 11.5 Å². The fourth-order valence-electron chi connectivity index (χ4n) is 4.08. The Morgan fingerprint density at radius 2 is 1.45 bits per heavy atom. The molecule has 2 amide bonds. The van der Waals surface area contributed by atoms with Crippen LogP contribution in [0.3, 0.4) is 0 Å². The number of carbonyl (C=O) groups is 2. The zero-order valence-electron chi connectivity index (χ0n) is 18.8. The third kappa shape index (κ3) is 3.74. The average Bonchev–Trinajstić information content (AvgIpc) is 3.05. The molecule has 0 bridgehead atoms. The molecule has 0 unspecified atom stereocenters. The lowest BCUT2D eigenvalue weighted by Gasteiger charge is -2.20. The van der Waals surface area contributed by atoms with E-state index >= 15 is 0 Å². The topological polar surface area (TPSA) is 67.9 Å². The minimum absolute atomic E-state index is 0.237. The van der Waals surface area contributed by atoms with Gasteiger partial charge in [0.05, 0.1) is 11.3 Å². The zero-order chi connectivity index (χ0) is 23.1. The first-order valence-corrected chi connectivity index (χ1v) is 10.9. The Morgan fingerprint density at radius 1 is 0.758 bits per heavy atom. The number of anilines is 2. The molecular weight excluding hydrogens is 416 g/mol. The van der Waals surface area contributed by atoms with Crippen LogP contribution in [0.25, 0.3) is 5.57 Å². The van der Waals surface area contributed by atoms with E-state index in [2.05, 4.69) is 5.32 Å². The molecule has 0 aromatic heterocycles. The molecule has 0 saturated heterocycles. The molecule has 2 aliphatic rings. The van der Waals surface area contributed by atoms with Gasteiger partial charge in [0.25, 0.3) is 11.8 Å². The fourth-order valence-corrected chi connectivity index (χ4v) is 4.08. The first-order chi connectivity index (χ1) is 15.9. The van der Waals surface area contributed by atoms with Crippen LogP contribution in [0, 0.1) is 20.8 Å². The number of aryl methyl sites for hydroxylation is 3. The summed E-state index contributed by atoms with van der Waals surface area (Å²) in [5.74, 6) is 0.522. The molecule has 166 valence electrons. The van der Waals surface area contributed by atoms with E-state index in [1.165, 1.54) is 4.90 Å². The number of nitrogens with one attached hydrogen (secondary N) is 1. The maximum Gasteiger partial charge on any atom is 0.282 e. The highest BCUT2D eigenvalue weighted by Gasteiger charge is 2.41. The van der Waals surface area contributed by atoms with Crippen LogP contribution in [0.2, 0.25) is 0 Å². The number of amides is 2. The predicted octanol–water partition coefficient (Wildman–Crippen LogP) is 4.78. The molecule has 1 N–H and O–H groups in total. The van der Waals surface area contributed by atoms with Crippen LogP contribution in [0.1, 0.15) is 22.3 Å². The lowest BCUT2D eigenvalue weighted by atomic mass is 10.0. The molecule has 0 saturated carbocycles. The van der Waals surface area contributed by atoms with E-state index in [4.69, 9.17) is 9.47 Å². The number of hydrogen-bond acceptors (Lipinski definition) is 5. The Bertz CT molecular complexity index is 1310. The summed E-state index contributed by atoms with van der Waals surface area (Å²) < 4.78 is 11.3. The Kier molecular flexibility index (Phi) is 5.13. The number of imide groups is 1. The number of hydrogen-bond donors (Lipinski definition) is 1. The smallest absolute Gasteiger partial charge is 0.282 e. The highest BCUT2D eigenvalue weighted by Crippen LogP contribution is 2.37. The average molecular weight is 440 g/mol. The summed E-state index contributed by atoms with van der Waals surface area (Å²) >= 11 is 0. The number of rotatable bonds is 4. The maximum absolute atomic E-state index is 13.7. The van der Waals surface area contributed by atoms with Gasteiger partial charge in [0.15, 0.2) is 11.5 Å². The van der Waals surface area contributed by atoms with Crippen LogP contribution in [0.4, 0.5) is 11.4 Å². The first kappa shape index (κ1) is 20.8. The minimum Gasteiger partial charge on any atom is -0.486 e. The molecule has 6 nitrogen and oxygen atoms in total. The second kappa shape index (κ2) is 8.13. The van der Waals surface area contributed by atoms with E-state index in [9.17, 15) is 9.59 Å². The van der Waals surface area contributed by atoms with Crippen molar-refractivity contribution >= 4 is 28.8 Å². The van der Waals surface area contributed by atoms with Crippen molar-refractivity contribution in [2.24, 2.45) is 0 Å². The van der Waals surface area contributed by atoms with Crippen LogP contribution in [0.15, 0.2) is 66.4 Å². The molecule has 0 radical (unpaired) electrons. The Labute approximate surface area is 192 Å². The number of fused-ring (bicyclic) bond motifs is 1. The molecular formula is C27H24N2O4. The summed E-state index contributed by atoms with van der Waals surface area (Å²) in [6, 6.07) is 18.7. The molecule has 2 heterocycles. The molecule has 6 heteroatoms. The molecule has 5 rings (SSSR count). The standard InChI is InChI=1S/C27H24N2O4/c1-16-5-8-19(9-6-16)24-25(28-20-10-11-22-23(15-20)33-13-12-32-22)27(31)29(26(24)30)21-14-17(2)4-7-18(21)3/h4-11,14-15,28H,12-13H2,1-3H3. The summed E-state index contributed by atoms with van der Waals surface area (Å²) in [6.45, 7) is 6.78. The van der Waals surface area contributed by atoms with Gasteiger partial charge in [0, 0.05) is 11.8 Å². The number of ether oxygens (including phenoxy) is 2. The highest BCUT2D eigenvalue weighted by molar-refractivity contribution is 6.46. The van der Waals surface area contributed by atoms with Crippen LogP contribution in [-0.2, 0) is 9.59 Å². The van der Waals surface area contributed by atoms with Crippen LogP contribution < -0.4 is 19.7 Å². The van der Waals surface area contributed by atoms with Crippen molar-refractivity contribution < 1.29 is 19.1 Å². The molecule has 0 aliphatic carbocycles. The van der Waals surface area contributed by atoms with Crippen molar-refractivity contribution in [1.29, 1.82) is 0 Å². The molecule has 33 heavy (non-hydrogen) atoms. The molecule has 3 aromatic carbocycles. The maximum atomic E-state index is 13.7. The lowest BCUT2D eigenvalue weighted by molar-refractivity contribution is -0.120. The third-order valence-corrected chi connectivity index (χ3v) is 5.84. The van der Waals surface area contributed by atoms with Crippen molar-refractivity contribution in [3.8, 4) is 11.5 Å². The molecule has 0 atom stereocenters. The van der Waals surface area contributed by atoms with Crippen LogP contribution >= 0.6 is 0 Å². The molecule has 2 aliphatic heterocycles. The van der Waals surface area contributed by atoms with Gasteiger partial charge >= 0.3 is 0 Å². The summed E-state index contributed by atoms with van der Waals surface area (Å²) in [4.78, 5) is 28.6. The lowest BCUT2D eigenvalue weighted by Crippen LogP contribution is -2.33. The summed E-state index contributed by atoms with van der Waals surface area (Å²) in [6.07, 6.45) is 0. The predicted molar refractivity (Wildman–Crippen MR) is 128 cm³/mol. The van der Waals surface area contributed by atoms with Gasteiger partial charge < -0.3 is 14.8 Å². The van der Waals surface area contributed by atoms with Crippen molar-refractivity contribution in [1.82, 2.24) is 0 Å². The number of benzene rings is 3. The fraction of sp³-hybridized carbons (Fsp3) is 0.185. The van der Waals surface area contributed by atoms with Gasteiger partial charge in [-0.05, 0) is 55.7 Å². The summed E-state index contributed by atoms with van der Waals surface area (Å²) in [5, 5.41) is 3.20. The van der Waals surface area contributed by atoms with Gasteiger partial charge in [-0.2, -0.15) is 0 Å². The van der Waals surface area contributed by atoms with Gasteiger partial charge in [0.1, 0.15) is 18.9 Å². The summed E-state index contributed by atoms with van der Waals surface area (Å²) in [5.41, 5.74) is 5.40. The zero-order valence-corrected chi connectivity index (χ0v) is 18.8. The largest absolute Gasteiger partial charge is 0.486 e. The monoisotopic (exact) mass is 440 g/mol. The van der Waals surface area contributed by atoms with Gasteiger partial charge in [-0.15, -0.1) is 0 Å².